The summed E-state index contributed by atoms with van der Waals surface area (Å²) in [6.45, 7) is 3.85. The highest BCUT2D eigenvalue weighted by molar-refractivity contribution is 6.08. The molecule has 2 aromatic rings. The molecule has 0 aliphatic rings. The van der Waals surface area contributed by atoms with Gasteiger partial charge in [-0.15, -0.1) is 12.4 Å². The summed E-state index contributed by atoms with van der Waals surface area (Å²) in [7, 11) is 4.06. The lowest BCUT2D eigenvalue weighted by Gasteiger charge is -2.09. The molecule has 4 nitrogen and oxygen atoms in total. The van der Waals surface area contributed by atoms with Crippen molar-refractivity contribution in [1.29, 1.82) is 0 Å². The molecule has 0 fully saturated rings. The largest absolute Gasteiger partial charge is 0.478 e. The third-order valence-electron chi connectivity index (χ3n) is 2.93. The Morgan fingerprint density at radius 2 is 1.46 bits per heavy atom. The minimum atomic E-state index is -0.981. The number of hydrogen-bond acceptors (Lipinski definition) is 3. The molecule has 2 aromatic carbocycles. The Morgan fingerprint density at radius 1 is 1.00 bits per heavy atom. The first-order chi connectivity index (χ1) is 10.9. The van der Waals surface area contributed by atoms with Crippen molar-refractivity contribution < 1.29 is 14.7 Å². The summed E-state index contributed by atoms with van der Waals surface area (Å²) in [5, 5.41) is 7.60. The van der Waals surface area contributed by atoms with Gasteiger partial charge in [-0.05, 0) is 19.7 Å². The molecule has 0 aromatic heterocycles. The van der Waals surface area contributed by atoms with Crippen molar-refractivity contribution in [2.24, 2.45) is 0 Å². The van der Waals surface area contributed by atoms with Crippen LogP contribution in [0.2, 0.25) is 0 Å². The van der Waals surface area contributed by atoms with Gasteiger partial charge in [0.25, 0.3) is 0 Å². The van der Waals surface area contributed by atoms with E-state index in [1.807, 2.05) is 68.7 Å². The molecular weight excluding hydrogens is 326 g/mol. The van der Waals surface area contributed by atoms with E-state index in [1.165, 1.54) is 5.56 Å². The number of nitrogens with zero attached hydrogens (tertiary/aromatic N) is 1. The fourth-order valence-electron chi connectivity index (χ4n) is 1.88. The third-order valence-corrected chi connectivity index (χ3v) is 2.93. The Balaban J connectivity index is 0.000000777. The zero-order valence-corrected chi connectivity index (χ0v) is 14.6. The Bertz CT molecular complexity index is 652. The highest BCUT2D eigenvalue weighted by Crippen LogP contribution is 2.11. The number of benzene rings is 2. The van der Waals surface area contributed by atoms with E-state index in [-0.39, 0.29) is 18.2 Å². The van der Waals surface area contributed by atoms with Crippen molar-refractivity contribution >= 4 is 24.2 Å². The number of carbonyl (C=O) groups excluding carboxylic acids is 1. The van der Waals surface area contributed by atoms with Gasteiger partial charge in [0.05, 0.1) is 0 Å². The van der Waals surface area contributed by atoms with Crippen LogP contribution in [0.25, 0.3) is 0 Å². The number of carboxylic acid groups (broad SMARTS) is 1. The van der Waals surface area contributed by atoms with Crippen LogP contribution in [-0.4, -0.2) is 35.9 Å². The average Bonchev–Trinajstić information content (AvgIpc) is 2.55. The van der Waals surface area contributed by atoms with Crippen molar-refractivity contribution in [3.63, 3.8) is 0 Å². The summed E-state index contributed by atoms with van der Waals surface area (Å²) in [5.74, 6) is -0.906. The molecule has 0 unspecified atom stereocenters. The number of ketones is 1. The van der Waals surface area contributed by atoms with E-state index in [1.54, 1.807) is 0 Å². The smallest absolute Gasteiger partial charge is 0.327 e. The number of rotatable bonds is 5. The molecule has 24 heavy (non-hydrogen) atoms. The Kier molecular flexibility index (Phi) is 10.0. The minimum Gasteiger partial charge on any atom is -0.478 e. The van der Waals surface area contributed by atoms with Crippen LogP contribution in [0.15, 0.2) is 67.3 Å². The first-order valence-electron chi connectivity index (χ1n) is 7.13. The lowest BCUT2D eigenvalue weighted by Crippen LogP contribution is -2.10. The SMILES string of the molecule is C=CC(=O)O.CN(C)Cc1ccc(C(=O)c2ccccc2)cc1.Cl. The topological polar surface area (TPSA) is 57.6 Å². The number of halogens is 1. The summed E-state index contributed by atoms with van der Waals surface area (Å²) in [6, 6.07) is 17.2. The lowest BCUT2D eigenvalue weighted by molar-refractivity contribution is -0.131. The van der Waals surface area contributed by atoms with Crippen molar-refractivity contribution in [1.82, 2.24) is 4.90 Å². The molecule has 2 rings (SSSR count). The zero-order valence-electron chi connectivity index (χ0n) is 13.8. The first kappa shape index (κ1) is 21.6. The summed E-state index contributed by atoms with van der Waals surface area (Å²) in [5.41, 5.74) is 2.69. The highest BCUT2D eigenvalue weighted by atomic mass is 35.5. The van der Waals surface area contributed by atoms with Gasteiger partial charge in [-0.2, -0.15) is 0 Å². The molecule has 0 amide bonds. The Hall–Kier alpha value is -2.43. The fraction of sp³-hybridized carbons (Fsp3) is 0.158. The van der Waals surface area contributed by atoms with E-state index in [4.69, 9.17) is 5.11 Å². The van der Waals surface area contributed by atoms with Crippen LogP contribution in [-0.2, 0) is 11.3 Å². The third kappa shape index (κ3) is 7.72. The summed E-state index contributed by atoms with van der Waals surface area (Å²) >= 11 is 0. The molecule has 0 saturated carbocycles. The van der Waals surface area contributed by atoms with Gasteiger partial charge in [-0.1, -0.05) is 61.2 Å². The first-order valence-corrected chi connectivity index (χ1v) is 7.13. The highest BCUT2D eigenvalue weighted by Gasteiger charge is 2.07. The summed E-state index contributed by atoms with van der Waals surface area (Å²) in [6.07, 6.45) is 0.833. The van der Waals surface area contributed by atoms with E-state index in [0.29, 0.717) is 0 Å². The van der Waals surface area contributed by atoms with Crippen molar-refractivity contribution in [2.45, 2.75) is 6.54 Å². The van der Waals surface area contributed by atoms with Gasteiger partial charge in [0.2, 0.25) is 0 Å². The second-order valence-electron chi connectivity index (χ2n) is 5.17. The van der Waals surface area contributed by atoms with Crippen LogP contribution in [0.5, 0.6) is 0 Å². The standard InChI is InChI=1S/C16H17NO.C3H4O2.ClH/c1-17(2)12-13-8-10-15(11-9-13)16(18)14-6-4-3-5-7-14;1-2-3(4)5;/h3-11H,12H2,1-2H3;2H,1H2,(H,4,5);1H. The van der Waals surface area contributed by atoms with Crippen LogP contribution in [0, 0.1) is 0 Å². The molecule has 1 N–H and O–H groups in total. The molecule has 0 bridgehead atoms. The van der Waals surface area contributed by atoms with E-state index in [2.05, 4.69) is 11.5 Å². The molecule has 5 heteroatoms. The van der Waals surface area contributed by atoms with E-state index in [0.717, 1.165) is 23.7 Å². The van der Waals surface area contributed by atoms with Crippen LogP contribution in [0.3, 0.4) is 0 Å². The van der Waals surface area contributed by atoms with Crippen molar-refractivity contribution in [2.75, 3.05) is 14.1 Å². The summed E-state index contributed by atoms with van der Waals surface area (Å²) < 4.78 is 0. The average molecular weight is 348 g/mol. The maximum absolute atomic E-state index is 12.2. The quantitative estimate of drug-likeness (QED) is 0.662. The van der Waals surface area contributed by atoms with Gasteiger partial charge in [-0.25, -0.2) is 4.79 Å². The van der Waals surface area contributed by atoms with E-state index in [9.17, 15) is 9.59 Å². The molecular formula is C19H22ClNO3. The summed E-state index contributed by atoms with van der Waals surface area (Å²) in [4.78, 5) is 23.5. The number of carboxylic acids is 1. The molecule has 0 aliphatic carbocycles. The zero-order chi connectivity index (χ0) is 17.2. The minimum absolute atomic E-state index is 0. The normalized spacial score (nSPS) is 9.29. The second-order valence-corrected chi connectivity index (χ2v) is 5.17. The predicted molar refractivity (Wildman–Crippen MR) is 98.8 cm³/mol. The van der Waals surface area contributed by atoms with E-state index < -0.39 is 5.97 Å². The van der Waals surface area contributed by atoms with Crippen LogP contribution in [0.4, 0.5) is 0 Å². The van der Waals surface area contributed by atoms with Gasteiger partial charge in [0, 0.05) is 23.7 Å². The number of hydrogen-bond donors (Lipinski definition) is 1. The maximum atomic E-state index is 12.2. The molecule has 0 heterocycles. The molecule has 0 spiro atoms. The van der Waals surface area contributed by atoms with Crippen molar-refractivity contribution in [3.8, 4) is 0 Å². The monoisotopic (exact) mass is 347 g/mol. The molecule has 0 radical (unpaired) electrons. The Labute approximate surface area is 148 Å². The van der Waals surface area contributed by atoms with Gasteiger partial charge < -0.3 is 10.0 Å². The van der Waals surface area contributed by atoms with E-state index >= 15 is 0 Å². The van der Waals surface area contributed by atoms with Crippen LogP contribution in [0.1, 0.15) is 21.5 Å². The second kappa shape index (κ2) is 11.2. The molecule has 0 aliphatic heterocycles. The maximum Gasteiger partial charge on any atom is 0.327 e. The Morgan fingerprint density at radius 3 is 1.88 bits per heavy atom. The van der Waals surface area contributed by atoms with Crippen LogP contribution >= 0.6 is 12.4 Å². The molecule has 0 atom stereocenters. The molecule has 0 saturated heterocycles. The van der Waals surface area contributed by atoms with Gasteiger partial charge in [-0.3, -0.25) is 4.79 Å². The van der Waals surface area contributed by atoms with Crippen LogP contribution < -0.4 is 0 Å². The lowest BCUT2D eigenvalue weighted by atomic mass is 10.0. The number of aliphatic carboxylic acids is 1. The predicted octanol–water partition coefficient (Wildman–Crippen LogP) is 3.66. The fourth-order valence-corrected chi connectivity index (χ4v) is 1.88. The number of carbonyl (C=O) groups is 2. The molecule has 128 valence electrons. The van der Waals surface area contributed by atoms with Gasteiger partial charge in [0.1, 0.15) is 0 Å². The van der Waals surface area contributed by atoms with Gasteiger partial charge >= 0.3 is 5.97 Å². The van der Waals surface area contributed by atoms with Gasteiger partial charge in [0.15, 0.2) is 5.78 Å². The van der Waals surface area contributed by atoms with Crippen molar-refractivity contribution in [3.05, 3.63) is 83.9 Å².